The van der Waals surface area contributed by atoms with Gasteiger partial charge in [0.25, 0.3) is 0 Å². The lowest BCUT2D eigenvalue weighted by Crippen LogP contribution is -2.30. The second-order valence-electron chi connectivity index (χ2n) is 22.3. The summed E-state index contributed by atoms with van der Waals surface area (Å²) in [4.78, 5) is 38.4. The van der Waals surface area contributed by atoms with E-state index < -0.39 is 6.10 Å². The van der Waals surface area contributed by atoms with Crippen LogP contribution in [0.2, 0.25) is 0 Å². The molecular formula is C76H126O6. The van der Waals surface area contributed by atoms with Crippen molar-refractivity contribution < 1.29 is 28.6 Å². The molecule has 0 aromatic heterocycles. The molecule has 0 heterocycles. The van der Waals surface area contributed by atoms with Crippen molar-refractivity contribution in [1.82, 2.24) is 0 Å². The topological polar surface area (TPSA) is 78.9 Å². The summed E-state index contributed by atoms with van der Waals surface area (Å²) in [6, 6.07) is 0. The second-order valence-corrected chi connectivity index (χ2v) is 22.3. The zero-order chi connectivity index (χ0) is 59.2. The average Bonchev–Trinajstić information content (AvgIpc) is 3.47. The average molecular weight is 1140 g/mol. The first-order chi connectivity index (χ1) is 40.5. The minimum atomic E-state index is -0.810. The lowest BCUT2D eigenvalue weighted by molar-refractivity contribution is -0.167. The zero-order valence-corrected chi connectivity index (χ0v) is 53.5. The molecule has 82 heavy (non-hydrogen) atoms. The Morgan fingerprint density at radius 3 is 0.780 bits per heavy atom. The van der Waals surface area contributed by atoms with Crippen LogP contribution in [0.4, 0.5) is 0 Å². The molecule has 0 aliphatic carbocycles. The number of esters is 3. The Labute approximate surface area is 506 Å². The first kappa shape index (κ1) is 77.5. The van der Waals surface area contributed by atoms with Crippen molar-refractivity contribution in [3.63, 3.8) is 0 Å². The molecule has 0 aromatic rings. The van der Waals surface area contributed by atoms with Gasteiger partial charge < -0.3 is 14.2 Å². The molecule has 6 heteroatoms. The Morgan fingerprint density at radius 2 is 0.476 bits per heavy atom. The number of carbonyl (C=O) groups is 3. The molecule has 0 spiro atoms. The maximum atomic E-state index is 12.9. The number of hydrogen-bond acceptors (Lipinski definition) is 6. The quantitative estimate of drug-likeness (QED) is 0.0261. The number of hydrogen-bond donors (Lipinski definition) is 0. The summed E-state index contributed by atoms with van der Waals surface area (Å²) in [7, 11) is 0. The highest BCUT2D eigenvalue weighted by molar-refractivity contribution is 5.71. The maximum absolute atomic E-state index is 12.9. The summed E-state index contributed by atoms with van der Waals surface area (Å²) in [6.07, 6.45) is 97.5. The van der Waals surface area contributed by atoms with Gasteiger partial charge in [-0.2, -0.15) is 0 Å². The van der Waals surface area contributed by atoms with Crippen molar-refractivity contribution in [2.24, 2.45) is 0 Å². The van der Waals surface area contributed by atoms with Gasteiger partial charge in [-0.15, -0.1) is 0 Å². The van der Waals surface area contributed by atoms with Crippen molar-refractivity contribution in [3.8, 4) is 0 Å². The zero-order valence-electron chi connectivity index (χ0n) is 53.5. The van der Waals surface area contributed by atoms with E-state index in [1.165, 1.54) is 148 Å². The molecule has 0 fully saturated rings. The molecule has 0 saturated carbocycles. The molecule has 6 nitrogen and oxygen atoms in total. The Bertz CT molecular complexity index is 1730. The molecule has 0 amide bonds. The maximum Gasteiger partial charge on any atom is 0.306 e. The molecule has 0 N–H and O–H groups in total. The summed E-state index contributed by atoms with van der Waals surface area (Å²) >= 11 is 0. The van der Waals surface area contributed by atoms with Crippen LogP contribution in [0.15, 0.2) is 134 Å². The lowest BCUT2D eigenvalue weighted by atomic mass is 10.0. The summed E-state index contributed by atoms with van der Waals surface area (Å²) in [6.45, 7) is 6.40. The van der Waals surface area contributed by atoms with Crippen LogP contribution in [0, 0.1) is 0 Å². The molecule has 466 valence electrons. The third kappa shape index (κ3) is 66.4. The largest absolute Gasteiger partial charge is 0.462 e. The molecule has 0 aliphatic rings. The monoisotopic (exact) mass is 1130 g/mol. The van der Waals surface area contributed by atoms with Gasteiger partial charge in [-0.3, -0.25) is 14.4 Å². The molecule has 0 aromatic carbocycles. The number of unbranched alkanes of at least 4 members (excludes halogenated alkanes) is 28. The highest BCUT2D eigenvalue weighted by atomic mass is 16.6. The van der Waals surface area contributed by atoms with Crippen LogP contribution >= 0.6 is 0 Å². The van der Waals surface area contributed by atoms with Crippen LogP contribution in [-0.4, -0.2) is 37.2 Å². The predicted octanol–water partition coefficient (Wildman–Crippen LogP) is 23.7. The molecule has 0 bridgehead atoms. The van der Waals surface area contributed by atoms with Crippen molar-refractivity contribution in [1.29, 1.82) is 0 Å². The van der Waals surface area contributed by atoms with Crippen LogP contribution in [0.5, 0.6) is 0 Å². The fraction of sp³-hybridized carbons (Fsp3) is 0.671. The first-order valence-corrected chi connectivity index (χ1v) is 34.2. The van der Waals surface area contributed by atoms with Gasteiger partial charge in [0, 0.05) is 19.3 Å². The number of carbonyl (C=O) groups excluding carboxylic acids is 3. The van der Waals surface area contributed by atoms with Gasteiger partial charge in [-0.05, 0) is 135 Å². The van der Waals surface area contributed by atoms with Crippen LogP contribution in [0.25, 0.3) is 0 Å². The Balaban J connectivity index is 4.45. The van der Waals surface area contributed by atoms with Gasteiger partial charge in [-0.25, -0.2) is 0 Å². The normalized spacial score (nSPS) is 13.0. The van der Waals surface area contributed by atoms with E-state index in [0.29, 0.717) is 19.3 Å². The standard InChI is InChI=1S/C76H126O6/c1-4-7-10-13-16-19-22-25-28-31-34-36-37-38-39-41-42-45-48-51-54-57-60-63-66-69-75(78)81-72-73(71-80-74(77)68-65-62-59-56-53-50-47-44-33-30-27-24-21-18-15-12-9-6-3)82-76(79)70-67-64-61-58-55-52-49-46-43-40-35-32-29-26-23-20-17-14-11-8-5-2/h7-8,10-11,16-17,19-20,25-26,28-30,33-36,40,46,49,55,58,73H,4-6,9,12-15,18,21-24,27,31-32,37-39,41-45,47-48,50-54,56-57,59-72H2,1-3H3/b10-7-,11-8-,19-16-,20-17-,28-25-,29-26-,33-30-,36-34-,40-35-,49-46-,58-55-. The van der Waals surface area contributed by atoms with Crippen molar-refractivity contribution in [3.05, 3.63) is 134 Å². The van der Waals surface area contributed by atoms with Crippen molar-refractivity contribution in [2.75, 3.05) is 13.2 Å². The second kappa shape index (κ2) is 69.0. The van der Waals surface area contributed by atoms with Gasteiger partial charge in [0.05, 0.1) is 0 Å². The fourth-order valence-electron chi connectivity index (χ4n) is 9.32. The predicted molar refractivity (Wildman–Crippen MR) is 357 cm³/mol. The van der Waals surface area contributed by atoms with Crippen LogP contribution < -0.4 is 0 Å². The van der Waals surface area contributed by atoms with Crippen LogP contribution in [-0.2, 0) is 28.6 Å². The number of allylic oxidation sites excluding steroid dienone is 22. The van der Waals surface area contributed by atoms with E-state index in [-0.39, 0.29) is 37.5 Å². The molecule has 1 atom stereocenters. The summed E-state index contributed by atoms with van der Waals surface area (Å²) in [5.41, 5.74) is 0. The minimum absolute atomic E-state index is 0.101. The third-order valence-electron chi connectivity index (χ3n) is 14.4. The van der Waals surface area contributed by atoms with Gasteiger partial charge in [-0.1, -0.05) is 289 Å². The molecule has 1 unspecified atom stereocenters. The van der Waals surface area contributed by atoms with E-state index in [0.717, 1.165) is 116 Å². The van der Waals surface area contributed by atoms with E-state index in [9.17, 15) is 14.4 Å². The third-order valence-corrected chi connectivity index (χ3v) is 14.4. The van der Waals surface area contributed by atoms with Gasteiger partial charge in [0.15, 0.2) is 6.10 Å². The SMILES string of the molecule is CC/C=C\C/C=C\C/C=C\C/C=C\C/C=C\C/C=C\CCCCC(=O)OC(COC(=O)CCCCCCCCC/C=C\CCCCCCCCC)COC(=O)CCCCCCCCCCCCCC/C=C\C/C=C\C/C=C\C/C=C\CC. The van der Waals surface area contributed by atoms with E-state index in [1.807, 2.05) is 0 Å². The lowest BCUT2D eigenvalue weighted by Gasteiger charge is -2.18. The molecular weight excluding hydrogens is 1010 g/mol. The highest BCUT2D eigenvalue weighted by Crippen LogP contribution is 2.16. The van der Waals surface area contributed by atoms with Crippen LogP contribution in [0.3, 0.4) is 0 Å². The van der Waals surface area contributed by atoms with Crippen molar-refractivity contribution in [2.45, 2.75) is 316 Å². The minimum Gasteiger partial charge on any atom is -0.462 e. The van der Waals surface area contributed by atoms with Crippen LogP contribution in [0.1, 0.15) is 310 Å². The molecule has 0 aliphatic heterocycles. The Kier molecular flexibility index (Phi) is 65.3. The Hall–Kier alpha value is -4.45. The fourth-order valence-corrected chi connectivity index (χ4v) is 9.32. The summed E-state index contributed by atoms with van der Waals surface area (Å²) in [5, 5.41) is 0. The van der Waals surface area contributed by atoms with E-state index in [2.05, 4.69) is 154 Å². The first-order valence-electron chi connectivity index (χ1n) is 34.2. The van der Waals surface area contributed by atoms with E-state index >= 15 is 0 Å². The highest BCUT2D eigenvalue weighted by Gasteiger charge is 2.19. The smallest absolute Gasteiger partial charge is 0.306 e. The molecule has 0 saturated heterocycles. The summed E-state index contributed by atoms with van der Waals surface area (Å²) in [5.74, 6) is -0.943. The number of rotatable bonds is 61. The van der Waals surface area contributed by atoms with Gasteiger partial charge in [0.2, 0.25) is 0 Å². The number of ether oxygens (including phenoxy) is 3. The van der Waals surface area contributed by atoms with Gasteiger partial charge in [0.1, 0.15) is 13.2 Å². The van der Waals surface area contributed by atoms with E-state index in [4.69, 9.17) is 14.2 Å². The molecule has 0 radical (unpaired) electrons. The Morgan fingerprint density at radius 1 is 0.256 bits per heavy atom. The molecule has 0 rings (SSSR count). The summed E-state index contributed by atoms with van der Waals surface area (Å²) < 4.78 is 16.9. The van der Waals surface area contributed by atoms with Crippen molar-refractivity contribution >= 4 is 17.9 Å². The van der Waals surface area contributed by atoms with Gasteiger partial charge >= 0.3 is 17.9 Å². The van der Waals surface area contributed by atoms with E-state index in [1.54, 1.807) is 0 Å².